The summed E-state index contributed by atoms with van der Waals surface area (Å²) in [6, 6.07) is 54.6. The normalized spacial score (nSPS) is 13.0. The second-order valence-corrected chi connectivity index (χ2v) is 14.3. The first kappa shape index (κ1) is 30.0. The molecule has 50 heavy (non-hydrogen) atoms. The van der Waals surface area contributed by atoms with Crippen molar-refractivity contribution in [2.45, 2.75) is 26.2 Å². The number of para-hydroxylation sites is 3. The fourth-order valence-corrected chi connectivity index (χ4v) is 7.64. The highest BCUT2D eigenvalue weighted by Crippen LogP contribution is 2.43. The maximum atomic E-state index is 5.46. The van der Waals surface area contributed by atoms with E-state index < -0.39 is 0 Å². The topological polar surface area (TPSA) is 29.2 Å². The predicted octanol–water partition coefficient (Wildman–Crippen LogP) is 11.1. The molecule has 2 aromatic heterocycles. The van der Waals surface area contributed by atoms with Gasteiger partial charge in [0.2, 0.25) is 0 Å². The van der Waals surface area contributed by atoms with Crippen molar-refractivity contribution in [1.82, 2.24) is 14.3 Å². The Balaban J connectivity index is 1.28. The molecule has 1 aliphatic heterocycles. The van der Waals surface area contributed by atoms with E-state index in [1.54, 1.807) is 0 Å². The lowest BCUT2D eigenvalue weighted by molar-refractivity contribution is 0.562. The van der Waals surface area contributed by atoms with Gasteiger partial charge in [0.25, 0.3) is 0 Å². The van der Waals surface area contributed by atoms with Crippen LogP contribution in [-0.2, 0) is 5.41 Å². The van der Waals surface area contributed by atoms with Gasteiger partial charge in [0.1, 0.15) is 0 Å². The molecule has 0 bridgehead atoms. The van der Waals surface area contributed by atoms with Gasteiger partial charge in [-0.2, -0.15) is 5.10 Å². The molecule has 5 heteroatoms. The Morgan fingerprint density at radius 3 is 1.94 bits per heavy atom. The summed E-state index contributed by atoms with van der Waals surface area (Å²) in [6.45, 7) is 7.57. The molecular formula is C45H39N5. The van der Waals surface area contributed by atoms with Crippen LogP contribution in [0, 0.1) is 0 Å². The van der Waals surface area contributed by atoms with E-state index in [0.29, 0.717) is 0 Å². The lowest BCUT2D eigenvalue weighted by atomic mass is 9.85. The minimum atomic E-state index is -0.179. The molecule has 0 aliphatic carbocycles. The van der Waals surface area contributed by atoms with Gasteiger partial charge < -0.3 is 14.4 Å². The molecule has 0 spiro atoms. The Bertz CT molecular complexity index is 2520. The summed E-state index contributed by atoms with van der Waals surface area (Å²) >= 11 is 0. The molecular weight excluding hydrogens is 611 g/mol. The Morgan fingerprint density at radius 2 is 1.18 bits per heavy atom. The van der Waals surface area contributed by atoms with Gasteiger partial charge in [0.15, 0.2) is 0 Å². The number of hydrogen-bond acceptors (Lipinski definition) is 3. The highest BCUT2D eigenvalue weighted by Gasteiger charge is 2.29. The molecule has 0 radical (unpaired) electrons. The number of rotatable bonds is 5. The average Bonchev–Trinajstić information content (AvgIpc) is 3.82. The van der Waals surface area contributed by atoms with Crippen LogP contribution in [0.1, 0.15) is 26.5 Å². The van der Waals surface area contributed by atoms with Crippen molar-refractivity contribution in [3.8, 4) is 33.8 Å². The quantitative estimate of drug-likeness (QED) is 0.186. The van der Waals surface area contributed by atoms with E-state index in [1.807, 2.05) is 0 Å². The van der Waals surface area contributed by atoms with Gasteiger partial charge in [-0.15, -0.1) is 0 Å². The van der Waals surface area contributed by atoms with Gasteiger partial charge >= 0.3 is 0 Å². The van der Waals surface area contributed by atoms with Gasteiger partial charge in [-0.25, -0.2) is 4.68 Å². The third-order valence-corrected chi connectivity index (χ3v) is 9.94. The molecule has 0 saturated carbocycles. The van der Waals surface area contributed by atoms with Gasteiger partial charge in [0.05, 0.1) is 46.2 Å². The first-order valence-corrected chi connectivity index (χ1v) is 17.3. The molecule has 0 atom stereocenters. The molecule has 6 aromatic carbocycles. The van der Waals surface area contributed by atoms with Crippen LogP contribution in [0.4, 0.5) is 17.1 Å². The molecule has 244 valence electrons. The SMILES string of the molecule is CN1CN(c2cccc(-n3c4ccccc4c4ccc(-n5nc(C(C)(C)C)c(-c6ccccc6)c5-c5ccccc5)cc43)c2)c2ccccc21. The van der Waals surface area contributed by atoms with E-state index in [2.05, 4.69) is 199 Å². The predicted molar refractivity (Wildman–Crippen MR) is 209 cm³/mol. The van der Waals surface area contributed by atoms with Crippen LogP contribution in [0.15, 0.2) is 152 Å². The Kier molecular flexibility index (Phi) is 6.92. The summed E-state index contributed by atoms with van der Waals surface area (Å²) in [5.41, 5.74) is 13.6. The van der Waals surface area contributed by atoms with Crippen LogP contribution in [0.25, 0.3) is 55.6 Å². The molecule has 3 heterocycles. The second-order valence-electron chi connectivity index (χ2n) is 14.3. The average molecular weight is 650 g/mol. The smallest absolute Gasteiger partial charge is 0.0950 e. The highest BCUT2D eigenvalue weighted by atomic mass is 15.4. The number of anilines is 3. The maximum Gasteiger partial charge on any atom is 0.0950 e. The molecule has 0 N–H and O–H groups in total. The minimum Gasteiger partial charge on any atom is -0.355 e. The Morgan fingerprint density at radius 1 is 0.540 bits per heavy atom. The van der Waals surface area contributed by atoms with Crippen LogP contribution in [-0.4, -0.2) is 28.1 Å². The molecule has 0 fully saturated rings. The van der Waals surface area contributed by atoms with Crippen molar-refractivity contribution in [2.24, 2.45) is 0 Å². The van der Waals surface area contributed by atoms with E-state index >= 15 is 0 Å². The lowest BCUT2D eigenvalue weighted by Gasteiger charge is -2.21. The first-order valence-electron chi connectivity index (χ1n) is 17.3. The van der Waals surface area contributed by atoms with E-state index in [1.165, 1.54) is 44.5 Å². The minimum absolute atomic E-state index is 0.179. The number of nitrogens with zero attached hydrogens (tertiary/aromatic N) is 5. The van der Waals surface area contributed by atoms with Crippen LogP contribution in [0.2, 0.25) is 0 Å². The summed E-state index contributed by atoms with van der Waals surface area (Å²) in [5, 5.41) is 7.91. The maximum absolute atomic E-state index is 5.46. The molecule has 0 saturated heterocycles. The summed E-state index contributed by atoms with van der Waals surface area (Å²) in [7, 11) is 2.16. The van der Waals surface area contributed by atoms with Gasteiger partial charge in [-0.05, 0) is 54.1 Å². The summed E-state index contributed by atoms with van der Waals surface area (Å²) in [4.78, 5) is 4.70. The van der Waals surface area contributed by atoms with Crippen molar-refractivity contribution in [1.29, 1.82) is 0 Å². The molecule has 8 aromatic rings. The standard InChI is InChI=1S/C45H39N5/c1-45(2,3)44-42(31-16-7-5-8-17-31)43(32-18-9-6-10-19-32)50(46-44)35-26-27-37-36-22-11-12-23-38(36)49(41(37)29-35)34-21-15-20-33(28-34)48-30-47(4)39-24-13-14-25-40(39)48/h5-29H,30H2,1-4H3. The Labute approximate surface area is 293 Å². The van der Waals surface area contributed by atoms with Gasteiger partial charge in [-0.3, -0.25) is 0 Å². The van der Waals surface area contributed by atoms with E-state index in [0.717, 1.165) is 40.5 Å². The van der Waals surface area contributed by atoms with E-state index in [-0.39, 0.29) is 5.41 Å². The van der Waals surface area contributed by atoms with Crippen molar-refractivity contribution >= 4 is 38.9 Å². The zero-order chi connectivity index (χ0) is 34.0. The fraction of sp³-hybridized carbons (Fsp3) is 0.133. The van der Waals surface area contributed by atoms with Crippen LogP contribution < -0.4 is 9.80 Å². The number of hydrogen-bond donors (Lipinski definition) is 0. The zero-order valence-electron chi connectivity index (χ0n) is 28.9. The molecule has 5 nitrogen and oxygen atoms in total. The third kappa shape index (κ3) is 4.80. The molecule has 9 rings (SSSR count). The summed E-state index contributed by atoms with van der Waals surface area (Å²) in [5.74, 6) is 0. The van der Waals surface area contributed by atoms with Crippen LogP contribution in [0.5, 0.6) is 0 Å². The lowest BCUT2D eigenvalue weighted by Crippen LogP contribution is -2.24. The van der Waals surface area contributed by atoms with Crippen LogP contribution in [0.3, 0.4) is 0 Å². The number of fused-ring (bicyclic) bond motifs is 4. The van der Waals surface area contributed by atoms with E-state index in [9.17, 15) is 0 Å². The first-order chi connectivity index (χ1) is 24.4. The Hall–Kier alpha value is -6.07. The summed E-state index contributed by atoms with van der Waals surface area (Å²) in [6.07, 6.45) is 0. The molecule has 0 unspecified atom stereocenters. The highest BCUT2D eigenvalue weighted by molar-refractivity contribution is 6.10. The molecule has 1 aliphatic rings. The zero-order valence-corrected chi connectivity index (χ0v) is 28.9. The fourth-order valence-electron chi connectivity index (χ4n) is 7.64. The van der Waals surface area contributed by atoms with Crippen molar-refractivity contribution in [2.75, 3.05) is 23.5 Å². The van der Waals surface area contributed by atoms with Crippen molar-refractivity contribution in [3.63, 3.8) is 0 Å². The van der Waals surface area contributed by atoms with Crippen molar-refractivity contribution in [3.05, 3.63) is 157 Å². The van der Waals surface area contributed by atoms with Crippen molar-refractivity contribution < 1.29 is 0 Å². The largest absolute Gasteiger partial charge is 0.355 e. The summed E-state index contributed by atoms with van der Waals surface area (Å²) < 4.78 is 4.59. The number of aromatic nitrogens is 3. The number of benzene rings is 6. The second kappa shape index (κ2) is 11.5. The van der Waals surface area contributed by atoms with Gasteiger partial charge in [-0.1, -0.05) is 124 Å². The van der Waals surface area contributed by atoms with Crippen LogP contribution >= 0.6 is 0 Å². The third-order valence-electron chi connectivity index (χ3n) is 9.94. The molecule has 0 amide bonds. The monoisotopic (exact) mass is 649 g/mol. The van der Waals surface area contributed by atoms with E-state index in [4.69, 9.17) is 5.10 Å². The van der Waals surface area contributed by atoms with Gasteiger partial charge in [0, 0.05) is 45.7 Å².